The van der Waals surface area contributed by atoms with Crippen molar-refractivity contribution in [3.05, 3.63) is 72.4 Å². The van der Waals surface area contributed by atoms with Crippen LogP contribution in [0.5, 0.6) is 11.5 Å². The lowest BCUT2D eigenvalue weighted by Crippen LogP contribution is -2.12. The van der Waals surface area contributed by atoms with Gasteiger partial charge in [-0.3, -0.25) is 4.79 Å². The molecule has 0 saturated heterocycles. The number of ether oxygens (including phenoxy) is 2. The van der Waals surface area contributed by atoms with Gasteiger partial charge in [-0.25, -0.2) is 4.98 Å². The molecular weight excluding hydrogens is 330 g/mol. The number of nitrogens with one attached hydrogen (secondary N) is 2. The van der Waals surface area contributed by atoms with Crippen molar-refractivity contribution in [1.29, 1.82) is 0 Å². The first-order valence-electron chi connectivity index (χ1n) is 8.00. The highest BCUT2D eigenvalue weighted by Crippen LogP contribution is 2.20. The van der Waals surface area contributed by atoms with Gasteiger partial charge in [-0.05, 0) is 60.7 Å². The smallest absolute Gasteiger partial charge is 0.255 e. The van der Waals surface area contributed by atoms with Crippen LogP contribution in [-0.4, -0.2) is 25.1 Å². The summed E-state index contributed by atoms with van der Waals surface area (Å²) >= 11 is 0. The predicted octanol–water partition coefficient (Wildman–Crippen LogP) is 4.09. The maximum Gasteiger partial charge on any atom is 0.255 e. The number of rotatable bonds is 6. The molecule has 1 amide bonds. The Hall–Kier alpha value is -3.54. The zero-order valence-electron chi connectivity index (χ0n) is 14.5. The van der Waals surface area contributed by atoms with Crippen LogP contribution in [0.25, 0.3) is 0 Å². The molecule has 0 bridgehead atoms. The zero-order valence-corrected chi connectivity index (χ0v) is 14.5. The minimum absolute atomic E-state index is 0.213. The molecule has 0 aliphatic rings. The summed E-state index contributed by atoms with van der Waals surface area (Å²) < 4.78 is 10.2. The largest absolute Gasteiger partial charge is 0.497 e. The van der Waals surface area contributed by atoms with E-state index in [4.69, 9.17) is 9.47 Å². The fourth-order valence-corrected chi connectivity index (χ4v) is 2.34. The van der Waals surface area contributed by atoms with Gasteiger partial charge in [-0.2, -0.15) is 0 Å². The van der Waals surface area contributed by atoms with Gasteiger partial charge in [0.25, 0.3) is 5.91 Å². The van der Waals surface area contributed by atoms with E-state index in [1.807, 2.05) is 24.3 Å². The van der Waals surface area contributed by atoms with Crippen LogP contribution in [-0.2, 0) is 0 Å². The Morgan fingerprint density at radius 1 is 0.846 bits per heavy atom. The van der Waals surface area contributed by atoms with Gasteiger partial charge in [0.1, 0.15) is 17.3 Å². The standard InChI is InChI=1S/C20H19N3O3/c1-25-17-7-3-15(4-8-17)22-19-13-14(11-12-21-19)20(24)23-16-5-9-18(26-2)10-6-16/h3-13H,1-2H3,(H,21,22)(H,23,24). The fourth-order valence-electron chi connectivity index (χ4n) is 2.34. The molecule has 6 nitrogen and oxygen atoms in total. The monoisotopic (exact) mass is 349 g/mol. The van der Waals surface area contributed by atoms with Gasteiger partial charge < -0.3 is 20.1 Å². The summed E-state index contributed by atoms with van der Waals surface area (Å²) in [7, 11) is 3.22. The van der Waals surface area contributed by atoms with Crippen molar-refractivity contribution < 1.29 is 14.3 Å². The van der Waals surface area contributed by atoms with Crippen molar-refractivity contribution >= 4 is 23.1 Å². The van der Waals surface area contributed by atoms with Gasteiger partial charge >= 0.3 is 0 Å². The summed E-state index contributed by atoms with van der Waals surface area (Å²) in [5.74, 6) is 1.88. The number of nitrogens with zero attached hydrogens (tertiary/aromatic N) is 1. The van der Waals surface area contributed by atoms with Crippen molar-refractivity contribution in [3.63, 3.8) is 0 Å². The molecule has 2 N–H and O–H groups in total. The van der Waals surface area contributed by atoms with Crippen molar-refractivity contribution in [1.82, 2.24) is 4.98 Å². The third-order valence-corrected chi connectivity index (χ3v) is 3.73. The van der Waals surface area contributed by atoms with Crippen LogP contribution in [0.1, 0.15) is 10.4 Å². The van der Waals surface area contributed by atoms with E-state index in [9.17, 15) is 4.79 Å². The third-order valence-electron chi connectivity index (χ3n) is 3.73. The van der Waals surface area contributed by atoms with Crippen LogP contribution >= 0.6 is 0 Å². The first-order valence-corrected chi connectivity index (χ1v) is 8.00. The lowest BCUT2D eigenvalue weighted by atomic mass is 10.2. The molecule has 0 aliphatic heterocycles. The van der Waals surface area contributed by atoms with Crippen LogP contribution in [0.15, 0.2) is 66.9 Å². The molecule has 0 atom stereocenters. The molecule has 3 aromatic rings. The SMILES string of the molecule is COc1ccc(NC(=O)c2ccnc(Nc3ccc(OC)cc3)c2)cc1. The molecule has 26 heavy (non-hydrogen) atoms. The molecule has 0 unspecified atom stereocenters. The molecule has 1 heterocycles. The summed E-state index contributed by atoms with van der Waals surface area (Å²) in [6.45, 7) is 0. The molecule has 1 aromatic heterocycles. The lowest BCUT2D eigenvalue weighted by Gasteiger charge is -2.09. The fraction of sp³-hybridized carbons (Fsp3) is 0.100. The summed E-state index contributed by atoms with van der Waals surface area (Å²) in [6, 6.07) is 18.0. The highest BCUT2D eigenvalue weighted by Gasteiger charge is 2.08. The second-order valence-electron chi connectivity index (χ2n) is 5.47. The highest BCUT2D eigenvalue weighted by atomic mass is 16.5. The lowest BCUT2D eigenvalue weighted by molar-refractivity contribution is 0.102. The molecule has 2 aromatic carbocycles. The molecule has 0 fully saturated rings. The van der Waals surface area contributed by atoms with Gasteiger partial charge in [-0.1, -0.05) is 0 Å². The summed E-state index contributed by atoms with van der Waals surface area (Å²) in [5, 5.41) is 6.02. The number of aromatic nitrogens is 1. The van der Waals surface area contributed by atoms with Crippen molar-refractivity contribution in [3.8, 4) is 11.5 Å². The highest BCUT2D eigenvalue weighted by molar-refractivity contribution is 6.04. The summed E-state index contributed by atoms with van der Waals surface area (Å²) in [5.41, 5.74) is 2.05. The Morgan fingerprint density at radius 3 is 2.00 bits per heavy atom. The Kier molecular flexibility index (Phi) is 5.34. The van der Waals surface area contributed by atoms with E-state index in [2.05, 4.69) is 15.6 Å². The normalized spacial score (nSPS) is 10.1. The zero-order chi connectivity index (χ0) is 18.4. The van der Waals surface area contributed by atoms with Crippen LogP contribution in [0, 0.1) is 0 Å². The Labute approximate surface area is 151 Å². The number of hydrogen-bond acceptors (Lipinski definition) is 5. The molecule has 132 valence electrons. The Balaban J connectivity index is 1.69. The van der Waals surface area contributed by atoms with Gasteiger partial charge in [0.2, 0.25) is 0 Å². The molecular formula is C20H19N3O3. The first-order chi connectivity index (χ1) is 12.7. The van der Waals surface area contributed by atoms with Gasteiger partial charge in [0.15, 0.2) is 0 Å². The number of hydrogen-bond donors (Lipinski definition) is 2. The number of methoxy groups -OCH3 is 2. The number of carbonyl (C=O) groups is 1. The predicted molar refractivity (Wildman–Crippen MR) is 101 cm³/mol. The number of pyridine rings is 1. The molecule has 0 saturated carbocycles. The van der Waals surface area contributed by atoms with E-state index >= 15 is 0 Å². The second kappa shape index (κ2) is 8.02. The first kappa shape index (κ1) is 17.3. The minimum atomic E-state index is -0.213. The Bertz CT molecular complexity index is 878. The molecule has 0 aliphatic carbocycles. The summed E-state index contributed by atoms with van der Waals surface area (Å²) in [4.78, 5) is 16.7. The third kappa shape index (κ3) is 4.30. The van der Waals surface area contributed by atoms with Crippen molar-refractivity contribution in [2.45, 2.75) is 0 Å². The number of carbonyl (C=O) groups excluding carboxylic acids is 1. The topological polar surface area (TPSA) is 72.5 Å². The van der Waals surface area contributed by atoms with Crippen molar-refractivity contribution in [2.24, 2.45) is 0 Å². The van der Waals surface area contributed by atoms with E-state index in [0.717, 1.165) is 17.2 Å². The van der Waals surface area contributed by atoms with Gasteiger partial charge in [-0.15, -0.1) is 0 Å². The van der Waals surface area contributed by atoms with Crippen LogP contribution in [0.3, 0.4) is 0 Å². The average molecular weight is 349 g/mol. The molecule has 6 heteroatoms. The van der Waals surface area contributed by atoms with E-state index in [0.29, 0.717) is 17.1 Å². The molecule has 0 spiro atoms. The minimum Gasteiger partial charge on any atom is -0.497 e. The van der Waals surface area contributed by atoms with Gasteiger partial charge in [0, 0.05) is 23.1 Å². The maximum atomic E-state index is 12.4. The van der Waals surface area contributed by atoms with E-state index < -0.39 is 0 Å². The maximum absolute atomic E-state index is 12.4. The Morgan fingerprint density at radius 2 is 1.42 bits per heavy atom. The van der Waals surface area contributed by atoms with Crippen molar-refractivity contribution in [2.75, 3.05) is 24.9 Å². The quantitative estimate of drug-likeness (QED) is 0.701. The molecule has 3 rings (SSSR count). The summed E-state index contributed by atoms with van der Waals surface area (Å²) in [6.07, 6.45) is 1.59. The average Bonchev–Trinajstić information content (AvgIpc) is 2.69. The van der Waals surface area contributed by atoms with Crippen LogP contribution in [0.4, 0.5) is 17.2 Å². The van der Waals surface area contributed by atoms with E-state index in [1.165, 1.54) is 0 Å². The van der Waals surface area contributed by atoms with E-state index in [-0.39, 0.29) is 5.91 Å². The number of anilines is 3. The van der Waals surface area contributed by atoms with Gasteiger partial charge in [0.05, 0.1) is 14.2 Å². The van der Waals surface area contributed by atoms with E-state index in [1.54, 1.807) is 56.8 Å². The number of benzene rings is 2. The van der Waals surface area contributed by atoms with Crippen LogP contribution in [0.2, 0.25) is 0 Å². The number of amides is 1. The second-order valence-corrected chi connectivity index (χ2v) is 5.47. The molecule has 0 radical (unpaired) electrons. The van der Waals surface area contributed by atoms with Crippen LogP contribution < -0.4 is 20.1 Å².